The molecule has 8 heteroatoms. The van der Waals surface area contributed by atoms with E-state index in [1.165, 1.54) is 12.1 Å². The molecule has 0 aliphatic heterocycles. The second-order valence-corrected chi connectivity index (χ2v) is 5.83. The standard InChI is InChI=1S/C13H20N2O5S/c1-4-19-13(20-5-2)12(16)14-15-21(17,18)11-8-6-10(3)7-9-11/h6-9,13,15H,4-5H2,1-3H3,(H,14,16). The molecule has 0 saturated carbocycles. The molecule has 0 bridgehead atoms. The molecule has 7 nitrogen and oxygen atoms in total. The molecule has 0 unspecified atom stereocenters. The van der Waals surface area contributed by atoms with Crippen molar-refractivity contribution >= 4 is 15.9 Å². The molecular weight excluding hydrogens is 296 g/mol. The van der Waals surface area contributed by atoms with E-state index in [0.29, 0.717) is 0 Å². The minimum atomic E-state index is -3.83. The van der Waals surface area contributed by atoms with Gasteiger partial charge in [0.1, 0.15) is 0 Å². The molecule has 0 aliphatic rings. The van der Waals surface area contributed by atoms with E-state index in [1.807, 2.05) is 11.8 Å². The van der Waals surface area contributed by atoms with E-state index in [0.717, 1.165) is 5.56 Å². The molecule has 0 heterocycles. The van der Waals surface area contributed by atoms with Crippen molar-refractivity contribution in [3.8, 4) is 0 Å². The molecular formula is C13H20N2O5S. The summed E-state index contributed by atoms with van der Waals surface area (Å²) < 4.78 is 34.1. The van der Waals surface area contributed by atoms with Crippen molar-refractivity contribution in [1.82, 2.24) is 10.3 Å². The predicted octanol–water partition coefficient (Wildman–Crippen LogP) is 0.704. The number of hydrogen-bond donors (Lipinski definition) is 2. The molecule has 1 rings (SSSR count). The minimum absolute atomic E-state index is 0.0535. The lowest BCUT2D eigenvalue weighted by atomic mass is 10.2. The fourth-order valence-electron chi connectivity index (χ4n) is 1.45. The van der Waals surface area contributed by atoms with E-state index in [9.17, 15) is 13.2 Å². The third-order valence-electron chi connectivity index (χ3n) is 2.49. The summed E-state index contributed by atoms with van der Waals surface area (Å²) >= 11 is 0. The van der Waals surface area contributed by atoms with E-state index in [-0.39, 0.29) is 18.1 Å². The van der Waals surface area contributed by atoms with E-state index >= 15 is 0 Å². The maximum Gasteiger partial charge on any atom is 0.291 e. The molecule has 1 aromatic rings. The highest BCUT2D eigenvalue weighted by Crippen LogP contribution is 2.09. The van der Waals surface area contributed by atoms with Crippen molar-refractivity contribution in [2.75, 3.05) is 13.2 Å². The number of hydrazine groups is 1. The van der Waals surface area contributed by atoms with Crippen molar-refractivity contribution in [3.63, 3.8) is 0 Å². The molecule has 0 aliphatic carbocycles. The number of carbonyl (C=O) groups excluding carboxylic acids is 1. The normalized spacial score (nSPS) is 11.6. The largest absolute Gasteiger partial charge is 0.345 e. The van der Waals surface area contributed by atoms with Crippen LogP contribution >= 0.6 is 0 Å². The zero-order valence-corrected chi connectivity index (χ0v) is 13.1. The van der Waals surface area contributed by atoms with Gasteiger partial charge in [0.15, 0.2) is 0 Å². The van der Waals surface area contributed by atoms with Crippen LogP contribution < -0.4 is 10.3 Å². The third-order valence-corrected chi connectivity index (χ3v) is 3.75. The van der Waals surface area contributed by atoms with E-state index in [2.05, 4.69) is 5.43 Å². The summed E-state index contributed by atoms with van der Waals surface area (Å²) in [5.41, 5.74) is 3.01. The Morgan fingerprint density at radius 3 is 2.14 bits per heavy atom. The Bertz CT molecular complexity index is 550. The van der Waals surface area contributed by atoms with Crippen molar-refractivity contribution in [1.29, 1.82) is 0 Å². The van der Waals surface area contributed by atoms with Gasteiger partial charge >= 0.3 is 0 Å². The lowest BCUT2D eigenvalue weighted by Crippen LogP contribution is -2.47. The summed E-state index contributed by atoms with van der Waals surface area (Å²) in [6.45, 7) is 5.79. The van der Waals surface area contributed by atoms with Gasteiger partial charge in [-0.1, -0.05) is 17.7 Å². The number of sulfonamides is 1. The van der Waals surface area contributed by atoms with Gasteiger partial charge < -0.3 is 9.47 Å². The molecule has 0 saturated heterocycles. The molecule has 118 valence electrons. The minimum Gasteiger partial charge on any atom is -0.345 e. The first-order valence-electron chi connectivity index (χ1n) is 6.52. The van der Waals surface area contributed by atoms with Crippen LogP contribution in [0.3, 0.4) is 0 Å². The van der Waals surface area contributed by atoms with Crippen LogP contribution in [0.5, 0.6) is 0 Å². The fourth-order valence-corrected chi connectivity index (χ4v) is 2.30. The van der Waals surface area contributed by atoms with Gasteiger partial charge in [0.05, 0.1) is 4.90 Å². The van der Waals surface area contributed by atoms with Gasteiger partial charge in [0, 0.05) is 13.2 Å². The Kier molecular flexibility index (Phi) is 6.76. The summed E-state index contributed by atoms with van der Waals surface area (Å²) in [5, 5.41) is 0. The van der Waals surface area contributed by atoms with Gasteiger partial charge in [0.25, 0.3) is 15.9 Å². The SMILES string of the molecule is CCOC(OCC)C(=O)NNS(=O)(=O)c1ccc(C)cc1. The first-order chi connectivity index (χ1) is 9.90. The van der Waals surface area contributed by atoms with Crippen LogP contribution in [0, 0.1) is 6.92 Å². The van der Waals surface area contributed by atoms with Crippen molar-refractivity contribution < 1.29 is 22.7 Å². The Labute approximate surface area is 124 Å². The molecule has 0 spiro atoms. The summed E-state index contributed by atoms with van der Waals surface area (Å²) in [6, 6.07) is 6.23. The third kappa shape index (κ3) is 5.43. The van der Waals surface area contributed by atoms with E-state index in [4.69, 9.17) is 9.47 Å². The lowest BCUT2D eigenvalue weighted by molar-refractivity contribution is -0.170. The quantitative estimate of drug-likeness (QED) is 0.544. The van der Waals surface area contributed by atoms with Gasteiger partial charge in [-0.25, -0.2) is 8.42 Å². The van der Waals surface area contributed by atoms with Crippen LogP contribution in [0.4, 0.5) is 0 Å². The van der Waals surface area contributed by atoms with Crippen LogP contribution in [-0.2, 0) is 24.3 Å². The maximum atomic E-state index is 12.0. The average Bonchev–Trinajstić information content (AvgIpc) is 2.45. The Balaban J connectivity index is 2.68. The summed E-state index contributed by atoms with van der Waals surface area (Å²) in [4.78, 5) is 13.8. The van der Waals surface area contributed by atoms with Crippen LogP contribution in [0.25, 0.3) is 0 Å². The lowest BCUT2D eigenvalue weighted by Gasteiger charge is -2.16. The zero-order valence-electron chi connectivity index (χ0n) is 12.3. The molecule has 0 atom stereocenters. The molecule has 0 aromatic heterocycles. The van der Waals surface area contributed by atoms with Gasteiger partial charge in [-0.2, -0.15) is 0 Å². The van der Waals surface area contributed by atoms with Gasteiger partial charge in [0.2, 0.25) is 6.29 Å². The maximum absolute atomic E-state index is 12.0. The van der Waals surface area contributed by atoms with Crippen LogP contribution in [0.1, 0.15) is 19.4 Å². The summed E-state index contributed by atoms with van der Waals surface area (Å²) in [5.74, 6) is -0.714. The topological polar surface area (TPSA) is 93.7 Å². The number of hydrogen-bond acceptors (Lipinski definition) is 5. The van der Waals surface area contributed by atoms with Gasteiger partial charge in [-0.15, -0.1) is 4.83 Å². The smallest absolute Gasteiger partial charge is 0.291 e. The van der Waals surface area contributed by atoms with Crippen molar-refractivity contribution in [2.24, 2.45) is 0 Å². The molecule has 1 aromatic carbocycles. The fraction of sp³-hybridized carbons (Fsp3) is 0.462. The van der Waals surface area contributed by atoms with E-state index in [1.54, 1.807) is 26.0 Å². The monoisotopic (exact) mass is 316 g/mol. The van der Waals surface area contributed by atoms with Crippen molar-refractivity contribution in [2.45, 2.75) is 32.0 Å². The Morgan fingerprint density at radius 1 is 1.14 bits per heavy atom. The zero-order chi connectivity index (χ0) is 15.9. The summed E-state index contributed by atoms with van der Waals surface area (Å²) in [6.07, 6.45) is -1.15. The Morgan fingerprint density at radius 2 is 1.67 bits per heavy atom. The predicted molar refractivity (Wildman–Crippen MR) is 76.7 cm³/mol. The van der Waals surface area contributed by atoms with Crippen LogP contribution in [0.15, 0.2) is 29.2 Å². The molecule has 2 N–H and O–H groups in total. The number of ether oxygens (including phenoxy) is 2. The number of amides is 1. The first-order valence-corrected chi connectivity index (χ1v) is 8.00. The first kappa shape index (κ1) is 17.6. The second-order valence-electron chi connectivity index (χ2n) is 4.15. The number of rotatable bonds is 8. The molecule has 0 radical (unpaired) electrons. The number of aryl methyl sites for hydroxylation is 1. The molecule has 0 fully saturated rings. The average molecular weight is 316 g/mol. The number of nitrogens with one attached hydrogen (secondary N) is 2. The van der Waals surface area contributed by atoms with Gasteiger partial charge in [-0.3, -0.25) is 10.2 Å². The number of benzene rings is 1. The summed E-state index contributed by atoms with van der Waals surface area (Å²) in [7, 11) is -3.83. The van der Waals surface area contributed by atoms with Crippen molar-refractivity contribution in [3.05, 3.63) is 29.8 Å². The molecule has 21 heavy (non-hydrogen) atoms. The second kappa shape index (κ2) is 8.08. The molecule has 1 amide bonds. The highest BCUT2D eigenvalue weighted by Gasteiger charge is 2.21. The highest BCUT2D eigenvalue weighted by atomic mass is 32.2. The van der Waals surface area contributed by atoms with Gasteiger partial charge in [-0.05, 0) is 32.9 Å². The van der Waals surface area contributed by atoms with Crippen LogP contribution in [0.2, 0.25) is 0 Å². The van der Waals surface area contributed by atoms with Crippen LogP contribution in [-0.4, -0.2) is 33.8 Å². The Hall–Kier alpha value is -1.48. The highest BCUT2D eigenvalue weighted by molar-refractivity contribution is 7.89. The number of carbonyl (C=O) groups is 1. The van der Waals surface area contributed by atoms with E-state index < -0.39 is 22.2 Å².